The van der Waals surface area contributed by atoms with E-state index >= 15 is 0 Å². The number of nitro groups is 1. The molecule has 0 spiro atoms. The van der Waals surface area contributed by atoms with Gasteiger partial charge in [0.05, 0.1) is 60.3 Å². The van der Waals surface area contributed by atoms with Crippen molar-refractivity contribution < 1.29 is 33.1 Å². The number of esters is 1. The van der Waals surface area contributed by atoms with Gasteiger partial charge in [0.2, 0.25) is 0 Å². The molecule has 222 valence electrons. The van der Waals surface area contributed by atoms with Crippen molar-refractivity contribution in [3.8, 4) is 28.6 Å². The summed E-state index contributed by atoms with van der Waals surface area (Å²) in [5, 5.41) is 11.2. The van der Waals surface area contributed by atoms with Gasteiger partial charge in [-0.05, 0) is 50.2 Å². The van der Waals surface area contributed by atoms with Gasteiger partial charge in [0, 0.05) is 17.7 Å². The molecule has 0 saturated heterocycles. The van der Waals surface area contributed by atoms with Crippen molar-refractivity contribution in [1.29, 1.82) is 0 Å². The molecule has 4 aromatic rings. The van der Waals surface area contributed by atoms with Crippen molar-refractivity contribution in [2.75, 3.05) is 27.9 Å². The lowest BCUT2D eigenvalue weighted by atomic mass is 9.95. The van der Waals surface area contributed by atoms with E-state index in [2.05, 4.69) is 4.99 Å². The van der Waals surface area contributed by atoms with Gasteiger partial charge in [-0.1, -0.05) is 11.3 Å². The molecule has 0 amide bonds. The fraction of sp³-hybridized carbons (Fsp3) is 0.233. The lowest BCUT2D eigenvalue weighted by Crippen LogP contribution is -2.40. The van der Waals surface area contributed by atoms with Crippen LogP contribution in [0.2, 0.25) is 0 Å². The lowest BCUT2D eigenvalue weighted by molar-refractivity contribution is -0.384. The molecule has 0 fully saturated rings. The topological polar surface area (TPSA) is 145 Å². The van der Waals surface area contributed by atoms with E-state index in [1.807, 2.05) is 0 Å². The Bertz CT molecular complexity index is 1950. The maximum atomic E-state index is 14.0. The van der Waals surface area contributed by atoms with Crippen LogP contribution in [-0.4, -0.2) is 43.4 Å². The number of thiazole rings is 1. The summed E-state index contributed by atoms with van der Waals surface area (Å²) in [6.07, 6.45) is 1.58. The van der Waals surface area contributed by atoms with Gasteiger partial charge in [0.25, 0.3) is 11.2 Å². The second-order valence-electron chi connectivity index (χ2n) is 9.25. The Labute approximate surface area is 248 Å². The van der Waals surface area contributed by atoms with E-state index in [4.69, 9.17) is 23.4 Å². The fourth-order valence-corrected chi connectivity index (χ4v) is 5.87. The Morgan fingerprint density at radius 2 is 1.86 bits per heavy atom. The molecule has 1 aliphatic rings. The van der Waals surface area contributed by atoms with Crippen molar-refractivity contribution in [3.63, 3.8) is 0 Å². The molecule has 1 atom stereocenters. The third-order valence-electron chi connectivity index (χ3n) is 6.81. The van der Waals surface area contributed by atoms with Crippen molar-refractivity contribution in [2.24, 2.45) is 4.99 Å². The van der Waals surface area contributed by atoms with Gasteiger partial charge >= 0.3 is 5.97 Å². The number of benzene rings is 2. The van der Waals surface area contributed by atoms with Crippen LogP contribution < -0.4 is 29.1 Å². The number of carbonyl (C=O) groups excluding carboxylic acids is 1. The smallest absolute Gasteiger partial charge is 0.338 e. The Morgan fingerprint density at radius 1 is 1.09 bits per heavy atom. The summed E-state index contributed by atoms with van der Waals surface area (Å²) in [7, 11) is 4.44. The number of fused-ring (bicyclic) bond motifs is 1. The third kappa shape index (κ3) is 5.42. The molecule has 0 bridgehead atoms. The predicted molar refractivity (Wildman–Crippen MR) is 157 cm³/mol. The zero-order valence-corrected chi connectivity index (χ0v) is 24.7. The zero-order valence-electron chi connectivity index (χ0n) is 23.9. The van der Waals surface area contributed by atoms with Gasteiger partial charge in [-0.2, -0.15) is 0 Å². The van der Waals surface area contributed by atoms with Crippen LogP contribution in [-0.2, 0) is 9.53 Å². The van der Waals surface area contributed by atoms with Crippen molar-refractivity contribution >= 4 is 29.1 Å². The van der Waals surface area contributed by atoms with Crippen molar-refractivity contribution in [2.45, 2.75) is 19.9 Å². The van der Waals surface area contributed by atoms with Gasteiger partial charge in [0.15, 0.2) is 4.80 Å². The van der Waals surface area contributed by atoms with Crippen molar-refractivity contribution in [1.82, 2.24) is 4.57 Å². The number of rotatable bonds is 9. The Kier molecular flexibility index (Phi) is 8.17. The first kappa shape index (κ1) is 29.3. The van der Waals surface area contributed by atoms with Crippen LogP contribution in [0.5, 0.6) is 17.2 Å². The molecular formula is C30H27N3O9S. The molecule has 2 aromatic carbocycles. The highest BCUT2D eigenvalue weighted by Crippen LogP contribution is 2.38. The van der Waals surface area contributed by atoms with Crippen LogP contribution in [0, 0.1) is 10.1 Å². The van der Waals surface area contributed by atoms with Gasteiger partial charge in [-0.25, -0.2) is 9.79 Å². The number of furan rings is 1. The molecule has 3 heterocycles. The molecule has 0 N–H and O–H groups in total. The number of carbonyl (C=O) groups is 1. The summed E-state index contributed by atoms with van der Waals surface area (Å²) in [6.45, 7) is 3.54. The van der Waals surface area contributed by atoms with Gasteiger partial charge in [0.1, 0.15) is 34.8 Å². The summed E-state index contributed by atoms with van der Waals surface area (Å²) in [6, 6.07) is 11.8. The maximum Gasteiger partial charge on any atom is 0.338 e. The predicted octanol–water partition coefficient (Wildman–Crippen LogP) is 3.99. The average Bonchev–Trinajstić information content (AvgIpc) is 3.59. The number of nitrogens with zero attached hydrogens (tertiary/aromatic N) is 3. The molecule has 12 nitrogen and oxygen atoms in total. The van der Waals surface area contributed by atoms with Crippen molar-refractivity contribution in [3.05, 3.63) is 101 Å². The first-order valence-electron chi connectivity index (χ1n) is 13.0. The minimum Gasteiger partial charge on any atom is -0.497 e. The summed E-state index contributed by atoms with van der Waals surface area (Å²) in [5.74, 6) is 1.39. The van der Waals surface area contributed by atoms with Gasteiger partial charge in [-0.15, -0.1) is 0 Å². The highest BCUT2D eigenvalue weighted by atomic mass is 32.1. The van der Waals surface area contributed by atoms with Crippen LogP contribution in [0.3, 0.4) is 0 Å². The molecule has 1 unspecified atom stereocenters. The minimum atomic E-state index is -0.904. The third-order valence-corrected chi connectivity index (χ3v) is 7.79. The van der Waals surface area contributed by atoms with Gasteiger partial charge in [-0.3, -0.25) is 19.5 Å². The minimum absolute atomic E-state index is 0.117. The first-order valence-corrected chi connectivity index (χ1v) is 13.9. The van der Waals surface area contributed by atoms with E-state index in [1.54, 1.807) is 50.3 Å². The van der Waals surface area contributed by atoms with Crippen LogP contribution in [0.25, 0.3) is 17.4 Å². The normalized spacial score (nSPS) is 14.6. The fourth-order valence-electron chi connectivity index (χ4n) is 4.84. The zero-order chi connectivity index (χ0) is 30.8. The number of non-ortho nitro benzene ring substituents is 1. The molecule has 2 aromatic heterocycles. The van der Waals surface area contributed by atoms with E-state index in [9.17, 15) is 19.7 Å². The summed E-state index contributed by atoms with van der Waals surface area (Å²) in [5.41, 5.74) is 1.13. The Morgan fingerprint density at radius 3 is 2.53 bits per heavy atom. The average molecular weight is 606 g/mol. The second kappa shape index (κ2) is 12.0. The monoisotopic (exact) mass is 605 g/mol. The summed E-state index contributed by atoms with van der Waals surface area (Å²) < 4.78 is 29.5. The second-order valence-corrected chi connectivity index (χ2v) is 10.3. The molecule has 1 aliphatic heterocycles. The molecular weight excluding hydrogens is 578 g/mol. The van der Waals surface area contributed by atoms with E-state index in [1.165, 1.54) is 44.1 Å². The number of ether oxygens (including phenoxy) is 4. The highest BCUT2D eigenvalue weighted by molar-refractivity contribution is 7.07. The van der Waals surface area contributed by atoms with E-state index in [0.29, 0.717) is 49.2 Å². The lowest BCUT2D eigenvalue weighted by Gasteiger charge is -2.26. The van der Waals surface area contributed by atoms with Gasteiger partial charge < -0.3 is 23.4 Å². The number of allylic oxidation sites excluding steroid dienone is 1. The molecule has 0 radical (unpaired) electrons. The molecule has 0 aliphatic carbocycles. The summed E-state index contributed by atoms with van der Waals surface area (Å²) in [4.78, 5) is 42.8. The number of hydrogen-bond acceptors (Lipinski definition) is 11. The van der Waals surface area contributed by atoms with Crippen LogP contribution >= 0.6 is 11.3 Å². The molecule has 13 heteroatoms. The summed E-state index contributed by atoms with van der Waals surface area (Å²) >= 11 is 1.14. The number of nitro benzene ring substituents is 1. The van der Waals surface area contributed by atoms with E-state index in [0.717, 1.165) is 11.3 Å². The van der Waals surface area contributed by atoms with Crippen LogP contribution in [0.1, 0.15) is 31.2 Å². The quantitative estimate of drug-likeness (QED) is 0.157. The highest BCUT2D eigenvalue weighted by Gasteiger charge is 2.35. The number of methoxy groups -OCH3 is 3. The number of aromatic nitrogens is 1. The van der Waals surface area contributed by atoms with E-state index < -0.39 is 22.5 Å². The maximum absolute atomic E-state index is 14.0. The van der Waals surface area contributed by atoms with Crippen LogP contribution in [0.15, 0.2) is 74.0 Å². The number of hydrogen-bond donors (Lipinski definition) is 0. The molecule has 43 heavy (non-hydrogen) atoms. The standard InChI is InChI=1S/C30H27N3O9S/c1-6-41-29(35)26-16(2)31-30-32(27(26)21-14-18(38-3)8-11-22(21)39-4)28(34)25(43-30)15-19-9-12-23(42-19)20-10-7-17(33(36)37)13-24(20)40-5/h7-15,27H,6H2,1-5H3. The first-order chi connectivity index (χ1) is 20.7. The van der Waals surface area contributed by atoms with Crippen LogP contribution in [0.4, 0.5) is 5.69 Å². The largest absolute Gasteiger partial charge is 0.497 e. The molecule has 5 rings (SSSR count). The molecule has 0 saturated carbocycles. The van der Waals surface area contributed by atoms with E-state index in [-0.39, 0.29) is 23.6 Å². The Hall–Kier alpha value is -5.17. The SMILES string of the molecule is CCOC(=O)C1=C(C)N=c2sc(=Cc3ccc(-c4ccc([N+](=O)[O-])cc4OC)o3)c(=O)n2C1c1cc(OC)ccc1OC. The Balaban J connectivity index is 1.66.